The van der Waals surface area contributed by atoms with Crippen LogP contribution >= 0.6 is 0 Å². The summed E-state index contributed by atoms with van der Waals surface area (Å²) in [4.78, 5) is 30.5. The van der Waals surface area contributed by atoms with Gasteiger partial charge in [-0.3, -0.25) is 9.59 Å². The zero-order valence-electron chi connectivity index (χ0n) is 12.1. The van der Waals surface area contributed by atoms with E-state index in [2.05, 4.69) is 11.9 Å². The Bertz CT molecular complexity index is 338. The van der Waals surface area contributed by atoms with Crippen molar-refractivity contribution in [2.45, 2.75) is 38.6 Å². The molecule has 2 amide bonds. The van der Waals surface area contributed by atoms with Crippen molar-refractivity contribution in [2.75, 3.05) is 39.8 Å². The summed E-state index contributed by atoms with van der Waals surface area (Å²) in [6, 6.07) is -0.204. The highest BCUT2D eigenvalue weighted by molar-refractivity contribution is 5.88. The number of rotatable bonds is 2. The van der Waals surface area contributed by atoms with Gasteiger partial charge in [0.15, 0.2) is 0 Å². The molecule has 1 unspecified atom stereocenters. The van der Waals surface area contributed by atoms with Gasteiger partial charge in [-0.1, -0.05) is 6.92 Å². The summed E-state index contributed by atoms with van der Waals surface area (Å²) in [5.41, 5.74) is 0. The van der Waals surface area contributed by atoms with E-state index in [1.54, 1.807) is 0 Å². The third-order valence-corrected chi connectivity index (χ3v) is 4.23. The van der Waals surface area contributed by atoms with Crippen molar-refractivity contribution in [3.63, 3.8) is 0 Å². The molecule has 5 heteroatoms. The molecule has 2 saturated heterocycles. The van der Waals surface area contributed by atoms with Crippen molar-refractivity contribution < 1.29 is 9.59 Å². The second-order valence-corrected chi connectivity index (χ2v) is 5.58. The maximum Gasteiger partial charge on any atom is 0.245 e. The molecule has 0 aromatic rings. The maximum atomic E-state index is 12.6. The van der Waals surface area contributed by atoms with Crippen LogP contribution in [0.4, 0.5) is 0 Å². The average molecular weight is 267 g/mol. The molecule has 0 spiro atoms. The largest absolute Gasteiger partial charge is 0.338 e. The molecular weight excluding hydrogens is 242 g/mol. The number of hydrogen-bond acceptors (Lipinski definition) is 3. The molecule has 2 aliphatic heterocycles. The summed E-state index contributed by atoms with van der Waals surface area (Å²) >= 11 is 0. The van der Waals surface area contributed by atoms with E-state index < -0.39 is 0 Å². The molecule has 0 aromatic carbocycles. The Hall–Kier alpha value is -1.10. The van der Waals surface area contributed by atoms with Gasteiger partial charge in [0.25, 0.3) is 0 Å². The van der Waals surface area contributed by atoms with Gasteiger partial charge in [0.05, 0.1) is 0 Å². The highest BCUT2D eigenvalue weighted by Crippen LogP contribution is 2.20. The first kappa shape index (κ1) is 14.3. The van der Waals surface area contributed by atoms with Crippen LogP contribution < -0.4 is 0 Å². The van der Waals surface area contributed by atoms with Crippen LogP contribution in [0.1, 0.15) is 32.6 Å². The van der Waals surface area contributed by atoms with E-state index in [0.717, 1.165) is 52.0 Å². The Balaban J connectivity index is 2.01. The molecule has 0 aliphatic carbocycles. The molecule has 0 N–H and O–H groups in total. The number of carbonyl (C=O) groups excluding carboxylic acids is 2. The molecule has 0 radical (unpaired) electrons. The van der Waals surface area contributed by atoms with Gasteiger partial charge in [0.1, 0.15) is 6.04 Å². The Kier molecular flexibility index (Phi) is 4.80. The molecule has 5 nitrogen and oxygen atoms in total. The zero-order valence-corrected chi connectivity index (χ0v) is 12.1. The van der Waals surface area contributed by atoms with Gasteiger partial charge in [0.2, 0.25) is 11.8 Å². The maximum absolute atomic E-state index is 12.6. The SMILES string of the molecule is CCC(=O)N1CCCCC1C(=O)N1CCN(C)CC1. The van der Waals surface area contributed by atoms with Gasteiger partial charge in [-0.2, -0.15) is 0 Å². The van der Waals surface area contributed by atoms with Crippen LogP contribution in [-0.2, 0) is 9.59 Å². The first-order valence-electron chi connectivity index (χ1n) is 7.40. The smallest absolute Gasteiger partial charge is 0.245 e. The topological polar surface area (TPSA) is 43.9 Å². The Morgan fingerprint density at radius 2 is 1.74 bits per heavy atom. The minimum absolute atomic E-state index is 0.118. The normalized spacial score (nSPS) is 25.5. The molecule has 0 aromatic heterocycles. The Morgan fingerprint density at radius 3 is 2.37 bits per heavy atom. The molecule has 108 valence electrons. The van der Waals surface area contributed by atoms with Gasteiger partial charge in [-0.15, -0.1) is 0 Å². The standard InChI is InChI=1S/C14H25N3O2/c1-3-13(18)17-7-5-4-6-12(17)14(19)16-10-8-15(2)9-11-16/h12H,3-11H2,1-2H3. The molecule has 2 heterocycles. The van der Waals surface area contributed by atoms with Gasteiger partial charge < -0.3 is 14.7 Å². The molecule has 2 rings (SSSR count). The molecule has 2 aliphatic rings. The molecule has 1 atom stereocenters. The summed E-state index contributed by atoms with van der Waals surface area (Å²) in [7, 11) is 2.08. The lowest BCUT2D eigenvalue weighted by molar-refractivity contribution is -0.148. The van der Waals surface area contributed by atoms with Gasteiger partial charge >= 0.3 is 0 Å². The lowest BCUT2D eigenvalue weighted by atomic mass is 10.00. The quantitative estimate of drug-likeness (QED) is 0.734. The number of hydrogen-bond donors (Lipinski definition) is 0. The number of piperazine rings is 1. The van der Waals surface area contributed by atoms with E-state index in [0.29, 0.717) is 6.42 Å². The van der Waals surface area contributed by atoms with Gasteiger partial charge in [-0.05, 0) is 26.3 Å². The Labute approximate surface area is 115 Å². The molecule has 0 saturated carbocycles. The summed E-state index contributed by atoms with van der Waals surface area (Å²) in [5, 5.41) is 0. The first-order chi connectivity index (χ1) is 9.13. The van der Waals surface area contributed by atoms with Gasteiger partial charge in [0, 0.05) is 39.1 Å². The minimum Gasteiger partial charge on any atom is -0.338 e. The van der Waals surface area contributed by atoms with Crippen LogP contribution in [0.3, 0.4) is 0 Å². The zero-order chi connectivity index (χ0) is 13.8. The van der Waals surface area contributed by atoms with Crippen LogP contribution in [0.2, 0.25) is 0 Å². The monoisotopic (exact) mass is 267 g/mol. The number of piperidine rings is 1. The van der Waals surface area contributed by atoms with Crippen LogP contribution in [0.5, 0.6) is 0 Å². The molecular formula is C14H25N3O2. The Morgan fingerprint density at radius 1 is 1.05 bits per heavy atom. The number of nitrogens with zero attached hydrogens (tertiary/aromatic N) is 3. The second kappa shape index (κ2) is 6.37. The van der Waals surface area contributed by atoms with Crippen molar-refractivity contribution in [3.8, 4) is 0 Å². The average Bonchev–Trinajstić information content (AvgIpc) is 2.46. The van der Waals surface area contributed by atoms with Crippen molar-refractivity contribution in [3.05, 3.63) is 0 Å². The first-order valence-corrected chi connectivity index (χ1v) is 7.40. The van der Waals surface area contributed by atoms with Crippen LogP contribution in [0.25, 0.3) is 0 Å². The fourth-order valence-electron chi connectivity index (χ4n) is 2.93. The van der Waals surface area contributed by atoms with Crippen molar-refractivity contribution in [1.29, 1.82) is 0 Å². The summed E-state index contributed by atoms with van der Waals surface area (Å²) in [5.74, 6) is 0.279. The van der Waals surface area contributed by atoms with E-state index in [1.807, 2.05) is 16.7 Å². The predicted molar refractivity (Wildman–Crippen MR) is 73.7 cm³/mol. The van der Waals surface area contributed by atoms with Crippen molar-refractivity contribution in [1.82, 2.24) is 14.7 Å². The second-order valence-electron chi connectivity index (χ2n) is 5.58. The number of likely N-dealkylation sites (tertiary alicyclic amines) is 1. The van der Waals surface area contributed by atoms with Gasteiger partial charge in [-0.25, -0.2) is 0 Å². The van der Waals surface area contributed by atoms with Crippen molar-refractivity contribution in [2.24, 2.45) is 0 Å². The molecule has 2 fully saturated rings. The summed E-state index contributed by atoms with van der Waals surface area (Å²) in [6.45, 7) is 6.06. The van der Waals surface area contributed by atoms with E-state index in [1.165, 1.54) is 0 Å². The third-order valence-electron chi connectivity index (χ3n) is 4.23. The van der Waals surface area contributed by atoms with E-state index in [4.69, 9.17) is 0 Å². The fraction of sp³-hybridized carbons (Fsp3) is 0.857. The van der Waals surface area contributed by atoms with E-state index >= 15 is 0 Å². The molecule has 0 bridgehead atoms. The minimum atomic E-state index is -0.204. The number of amides is 2. The summed E-state index contributed by atoms with van der Waals surface area (Å²) in [6.07, 6.45) is 3.40. The summed E-state index contributed by atoms with van der Waals surface area (Å²) < 4.78 is 0. The highest BCUT2D eigenvalue weighted by atomic mass is 16.2. The predicted octanol–water partition coefficient (Wildman–Crippen LogP) is 0.552. The van der Waals surface area contributed by atoms with Crippen LogP contribution in [0, 0.1) is 0 Å². The lowest BCUT2D eigenvalue weighted by Crippen LogP contribution is -2.56. The van der Waals surface area contributed by atoms with Crippen LogP contribution in [-0.4, -0.2) is 72.3 Å². The molecule has 19 heavy (non-hydrogen) atoms. The highest BCUT2D eigenvalue weighted by Gasteiger charge is 2.34. The van der Waals surface area contributed by atoms with E-state index in [9.17, 15) is 9.59 Å². The lowest BCUT2D eigenvalue weighted by Gasteiger charge is -2.40. The van der Waals surface area contributed by atoms with Crippen LogP contribution in [0.15, 0.2) is 0 Å². The third kappa shape index (κ3) is 3.26. The fourth-order valence-corrected chi connectivity index (χ4v) is 2.93. The number of likely N-dealkylation sites (N-methyl/N-ethyl adjacent to an activating group) is 1. The van der Waals surface area contributed by atoms with E-state index in [-0.39, 0.29) is 17.9 Å². The number of carbonyl (C=O) groups is 2. The van der Waals surface area contributed by atoms with Crippen molar-refractivity contribution >= 4 is 11.8 Å².